The molecular weight excluding hydrogens is 413 g/mol. The molecule has 2 N–H and O–H groups in total. The van der Waals surface area contributed by atoms with Gasteiger partial charge in [0.05, 0.1) is 17.6 Å². The third-order valence-corrected chi connectivity index (χ3v) is 5.62. The van der Waals surface area contributed by atoms with E-state index in [0.717, 1.165) is 23.3 Å². The van der Waals surface area contributed by atoms with Gasteiger partial charge in [0.1, 0.15) is 5.82 Å². The predicted molar refractivity (Wildman–Crippen MR) is 118 cm³/mol. The van der Waals surface area contributed by atoms with Gasteiger partial charge in [0.2, 0.25) is 5.91 Å². The standard InChI is InChI=1S/C26H16F3N2O/c27-20-11-12-21(28)25(29)19(20)14-31-22-8-4-7-18(26(30)32)24(22)17-10-9-16(13-23(17)31)15-5-2-1-3-6-15/h1-9,11-13H,14H2,(H2,30,32). The minimum atomic E-state index is -1.24. The van der Waals surface area contributed by atoms with E-state index in [0.29, 0.717) is 21.8 Å². The maximum absolute atomic E-state index is 14.5. The zero-order valence-electron chi connectivity index (χ0n) is 16.7. The second-order valence-electron chi connectivity index (χ2n) is 7.49. The Hall–Kier alpha value is -4.06. The largest absolute Gasteiger partial charge is 0.366 e. The summed E-state index contributed by atoms with van der Waals surface area (Å²) in [6.07, 6.45) is 0. The number of halogens is 3. The Balaban J connectivity index is 1.84. The van der Waals surface area contributed by atoms with Crippen LogP contribution in [-0.2, 0) is 6.54 Å². The normalized spacial score (nSPS) is 11.3. The molecule has 0 fully saturated rings. The van der Waals surface area contributed by atoms with E-state index in [4.69, 9.17) is 5.73 Å². The molecule has 0 saturated heterocycles. The number of nitrogens with two attached hydrogens (primary N) is 1. The van der Waals surface area contributed by atoms with Crippen molar-refractivity contribution in [2.24, 2.45) is 5.73 Å². The van der Waals surface area contributed by atoms with Crippen LogP contribution >= 0.6 is 0 Å². The van der Waals surface area contributed by atoms with Crippen LogP contribution in [-0.4, -0.2) is 10.5 Å². The van der Waals surface area contributed by atoms with Gasteiger partial charge in [-0.3, -0.25) is 4.79 Å². The fourth-order valence-corrected chi connectivity index (χ4v) is 4.10. The molecule has 0 aliphatic carbocycles. The van der Waals surface area contributed by atoms with E-state index in [1.165, 1.54) is 0 Å². The molecule has 0 atom stereocenters. The maximum atomic E-state index is 14.5. The molecule has 1 heterocycles. The number of benzene rings is 4. The number of amides is 1. The van der Waals surface area contributed by atoms with E-state index in [9.17, 15) is 18.0 Å². The molecule has 3 nitrogen and oxygen atoms in total. The molecule has 1 radical (unpaired) electrons. The third-order valence-electron chi connectivity index (χ3n) is 5.62. The summed E-state index contributed by atoms with van der Waals surface area (Å²) in [5, 5.41) is 1.12. The summed E-state index contributed by atoms with van der Waals surface area (Å²) in [4.78, 5) is 12.1. The topological polar surface area (TPSA) is 48.0 Å². The Bertz CT molecular complexity index is 1510. The van der Waals surface area contributed by atoms with Crippen LogP contribution in [0.3, 0.4) is 0 Å². The van der Waals surface area contributed by atoms with Crippen molar-refractivity contribution in [2.45, 2.75) is 6.54 Å². The number of primary amides is 1. The van der Waals surface area contributed by atoms with Crippen LogP contribution < -0.4 is 5.73 Å². The van der Waals surface area contributed by atoms with E-state index in [2.05, 4.69) is 6.07 Å². The van der Waals surface area contributed by atoms with Gasteiger partial charge in [-0.2, -0.15) is 0 Å². The molecule has 4 aromatic carbocycles. The van der Waals surface area contributed by atoms with Gasteiger partial charge in [0, 0.05) is 21.9 Å². The number of hydrogen-bond donors (Lipinski definition) is 1. The van der Waals surface area contributed by atoms with E-state index >= 15 is 0 Å². The van der Waals surface area contributed by atoms with Crippen LogP contribution in [0.25, 0.3) is 32.9 Å². The molecule has 1 amide bonds. The Morgan fingerprint density at radius 1 is 0.875 bits per heavy atom. The molecule has 0 aliphatic heterocycles. The van der Waals surface area contributed by atoms with E-state index < -0.39 is 28.9 Å². The van der Waals surface area contributed by atoms with Gasteiger partial charge in [-0.25, -0.2) is 13.2 Å². The fourth-order valence-electron chi connectivity index (χ4n) is 4.10. The van der Waals surface area contributed by atoms with Crippen molar-refractivity contribution in [1.29, 1.82) is 0 Å². The first kappa shape index (κ1) is 19.9. The molecule has 5 rings (SSSR count). The molecule has 5 aromatic rings. The molecular formula is C26H16F3N2O. The number of rotatable bonds is 4. The molecule has 0 aliphatic rings. The van der Waals surface area contributed by atoms with Crippen molar-refractivity contribution in [3.63, 3.8) is 0 Å². The van der Waals surface area contributed by atoms with E-state index in [1.54, 1.807) is 28.8 Å². The summed E-state index contributed by atoms with van der Waals surface area (Å²) in [7, 11) is 0. The molecule has 0 bridgehead atoms. The maximum Gasteiger partial charge on any atom is 0.249 e. The first-order valence-corrected chi connectivity index (χ1v) is 9.90. The van der Waals surface area contributed by atoms with Gasteiger partial charge < -0.3 is 10.3 Å². The fraction of sp³-hybridized carbons (Fsp3) is 0.0385. The second kappa shape index (κ2) is 7.57. The van der Waals surface area contributed by atoms with Gasteiger partial charge in [0.15, 0.2) is 11.6 Å². The molecule has 0 spiro atoms. The quantitative estimate of drug-likeness (QED) is 0.359. The molecule has 157 valence electrons. The molecule has 32 heavy (non-hydrogen) atoms. The van der Waals surface area contributed by atoms with Crippen molar-refractivity contribution in [3.8, 4) is 11.1 Å². The van der Waals surface area contributed by atoms with Gasteiger partial charge in [-0.15, -0.1) is 0 Å². The molecule has 0 saturated carbocycles. The van der Waals surface area contributed by atoms with Crippen LogP contribution in [0.4, 0.5) is 13.2 Å². The number of carbonyl (C=O) groups excluding carboxylic acids is 1. The highest BCUT2D eigenvalue weighted by Crippen LogP contribution is 2.35. The smallest absolute Gasteiger partial charge is 0.249 e. The molecule has 6 heteroatoms. The minimum Gasteiger partial charge on any atom is -0.366 e. The van der Waals surface area contributed by atoms with Crippen molar-refractivity contribution in [1.82, 2.24) is 4.57 Å². The van der Waals surface area contributed by atoms with Gasteiger partial charge in [-0.1, -0.05) is 36.4 Å². The second-order valence-corrected chi connectivity index (χ2v) is 7.49. The Morgan fingerprint density at radius 2 is 1.62 bits per heavy atom. The number of nitrogens with zero attached hydrogens (tertiary/aromatic N) is 1. The number of hydrogen-bond acceptors (Lipinski definition) is 1. The third kappa shape index (κ3) is 3.12. The number of fused-ring (bicyclic) bond motifs is 3. The lowest BCUT2D eigenvalue weighted by Gasteiger charge is -2.11. The Labute approximate surface area is 181 Å². The number of carbonyl (C=O) groups is 1. The average Bonchev–Trinajstić information content (AvgIpc) is 3.12. The van der Waals surface area contributed by atoms with Crippen LogP contribution in [0.15, 0.2) is 72.8 Å². The first-order chi connectivity index (χ1) is 15.5. The summed E-state index contributed by atoms with van der Waals surface area (Å²) in [6, 6.07) is 23.1. The molecule has 0 unspecified atom stereocenters. The van der Waals surface area contributed by atoms with Crippen LogP contribution in [0.1, 0.15) is 15.9 Å². The monoisotopic (exact) mass is 429 g/mol. The SMILES string of the molecule is NC(=O)c1cccc2c1c1[c]cc(-c3ccccc3)cc1n2Cc1c(F)ccc(F)c1F. The van der Waals surface area contributed by atoms with Gasteiger partial charge in [-0.05, 0) is 53.6 Å². The first-order valence-electron chi connectivity index (χ1n) is 9.90. The lowest BCUT2D eigenvalue weighted by atomic mass is 10.0. The van der Waals surface area contributed by atoms with Gasteiger partial charge in [0.25, 0.3) is 0 Å². The summed E-state index contributed by atoms with van der Waals surface area (Å²) in [5.74, 6) is -3.85. The predicted octanol–water partition coefficient (Wildman–Crippen LogP) is 5.83. The zero-order chi connectivity index (χ0) is 22.4. The van der Waals surface area contributed by atoms with Crippen molar-refractivity contribution in [3.05, 3.63) is 107 Å². The van der Waals surface area contributed by atoms with E-state index in [-0.39, 0.29) is 12.1 Å². The van der Waals surface area contributed by atoms with Crippen molar-refractivity contribution in [2.75, 3.05) is 0 Å². The van der Waals surface area contributed by atoms with Crippen LogP contribution in [0, 0.1) is 23.5 Å². The van der Waals surface area contributed by atoms with Crippen molar-refractivity contribution < 1.29 is 18.0 Å². The summed E-state index contributed by atoms with van der Waals surface area (Å²) >= 11 is 0. The lowest BCUT2D eigenvalue weighted by molar-refractivity contribution is 0.100. The minimum absolute atomic E-state index is 0.273. The summed E-state index contributed by atoms with van der Waals surface area (Å²) in [6.45, 7) is -0.274. The zero-order valence-corrected chi connectivity index (χ0v) is 16.7. The van der Waals surface area contributed by atoms with E-state index in [1.807, 2.05) is 36.4 Å². The Morgan fingerprint density at radius 3 is 2.38 bits per heavy atom. The van der Waals surface area contributed by atoms with Crippen molar-refractivity contribution >= 4 is 27.7 Å². The van der Waals surface area contributed by atoms with Gasteiger partial charge >= 0.3 is 0 Å². The molecule has 1 aromatic heterocycles. The summed E-state index contributed by atoms with van der Waals surface area (Å²) in [5.41, 5.74) is 8.36. The van der Waals surface area contributed by atoms with Crippen LogP contribution in [0.5, 0.6) is 0 Å². The number of aromatic nitrogens is 1. The highest BCUT2D eigenvalue weighted by molar-refractivity contribution is 6.18. The lowest BCUT2D eigenvalue weighted by Crippen LogP contribution is -2.11. The highest BCUT2D eigenvalue weighted by atomic mass is 19.2. The van der Waals surface area contributed by atoms with Crippen LogP contribution in [0.2, 0.25) is 0 Å². The Kier molecular flexibility index (Phi) is 4.70. The average molecular weight is 429 g/mol. The highest BCUT2D eigenvalue weighted by Gasteiger charge is 2.20. The summed E-state index contributed by atoms with van der Waals surface area (Å²) < 4.78 is 44.5.